The van der Waals surface area contributed by atoms with Crippen LogP contribution in [0.25, 0.3) is 10.9 Å². The molecule has 1 aromatic heterocycles. The van der Waals surface area contributed by atoms with Crippen LogP contribution in [0.1, 0.15) is 42.2 Å². The molecule has 3 aromatic rings. The number of aryl methyl sites for hydroxylation is 1. The first kappa shape index (κ1) is 23.4. The summed E-state index contributed by atoms with van der Waals surface area (Å²) in [5.41, 5.74) is 1.71. The third-order valence-corrected chi connectivity index (χ3v) is 7.33. The lowest BCUT2D eigenvalue weighted by Crippen LogP contribution is -2.64. The summed E-state index contributed by atoms with van der Waals surface area (Å²) in [6, 6.07) is 17.9. The molecule has 0 unspecified atom stereocenters. The molecule has 1 saturated heterocycles. The summed E-state index contributed by atoms with van der Waals surface area (Å²) in [6.07, 6.45) is 3.63. The fourth-order valence-corrected chi connectivity index (χ4v) is 5.30. The Kier molecular flexibility index (Phi) is 6.52. The largest absolute Gasteiger partial charge is 0.497 e. The third kappa shape index (κ3) is 4.52. The lowest BCUT2D eigenvalue weighted by atomic mass is 9.93. The van der Waals surface area contributed by atoms with E-state index in [9.17, 15) is 9.59 Å². The van der Waals surface area contributed by atoms with Gasteiger partial charge in [0.2, 0.25) is 5.91 Å². The molecule has 0 bridgehead atoms. The first-order chi connectivity index (χ1) is 17.0. The molecule has 2 aliphatic heterocycles. The molecule has 0 radical (unpaired) electrons. The second-order valence-corrected chi connectivity index (χ2v) is 9.71. The Bertz CT molecular complexity index is 1220. The maximum absolute atomic E-state index is 13.8. The van der Waals surface area contributed by atoms with Gasteiger partial charge in [-0.05, 0) is 56.4 Å². The number of carbonyl (C=O) groups excluding carboxylic acids is 2. The Morgan fingerprint density at radius 3 is 2.77 bits per heavy atom. The molecule has 184 valence electrons. The number of fused-ring (bicyclic) bond motifs is 3. The van der Waals surface area contributed by atoms with Crippen molar-refractivity contribution in [3.8, 4) is 5.75 Å². The van der Waals surface area contributed by atoms with Crippen molar-refractivity contribution >= 4 is 22.7 Å². The smallest absolute Gasteiger partial charge is 0.271 e. The zero-order valence-corrected chi connectivity index (χ0v) is 20.5. The number of amides is 2. The average Bonchev–Trinajstić information content (AvgIpc) is 3.53. The van der Waals surface area contributed by atoms with Gasteiger partial charge in [0.05, 0.1) is 25.3 Å². The van der Waals surface area contributed by atoms with Crippen LogP contribution < -0.4 is 10.1 Å². The first-order valence-electron chi connectivity index (χ1n) is 12.4. The second kappa shape index (κ2) is 9.74. The third-order valence-electron chi connectivity index (χ3n) is 7.33. The van der Waals surface area contributed by atoms with Crippen molar-refractivity contribution in [3.63, 3.8) is 0 Å². The standard InChI is InChI=1S/C28H33N3O4/c1-28(27(33)29-18-23-11-7-15-35-23)19-30-24-17-22(34-2)13-12-21(24)16-25(30)26(32)31(28)14-6-10-20-8-4-3-5-9-20/h3-5,8-9,12-13,16-17,23H,6-7,10-11,14-15,18-19H2,1-2H3,(H,29,33)/t23-,28+/m1/s1. The Morgan fingerprint density at radius 1 is 1.20 bits per heavy atom. The van der Waals surface area contributed by atoms with Crippen LogP contribution in [0, 0.1) is 0 Å². The van der Waals surface area contributed by atoms with E-state index in [-0.39, 0.29) is 17.9 Å². The van der Waals surface area contributed by atoms with Crippen LogP contribution in [-0.2, 0) is 22.5 Å². The van der Waals surface area contributed by atoms with E-state index in [4.69, 9.17) is 9.47 Å². The number of hydrogen-bond acceptors (Lipinski definition) is 4. The number of nitrogens with zero attached hydrogens (tertiary/aromatic N) is 2. The van der Waals surface area contributed by atoms with Crippen LogP contribution in [0.15, 0.2) is 54.6 Å². The van der Waals surface area contributed by atoms with Crippen LogP contribution >= 0.6 is 0 Å². The van der Waals surface area contributed by atoms with E-state index < -0.39 is 5.54 Å². The van der Waals surface area contributed by atoms with Crippen LogP contribution in [0.4, 0.5) is 0 Å². The van der Waals surface area contributed by atoms with E-state index in [0.29, 0.717) is 25.3 Å². The molecule has 1 N–H and O–H groups in total. The van der Waals surface area contributed by atoms with E-state index in [0.717, 1.165) is 48.9 Å². The van der Waals surface area contributed by atoms with Crippen LogP contribution in [0.5, 0.6) is 5.75 Å². The van der Waals surface area contributed by atoms with Gasteiger partial charge in [-0.2, -0.15) is 0 Å². The van der Waals surface area contributed by atoms with Crippen molar-refractivity contribution in [3.05, 3.63) is 65.9 Å². The molecule has 7 nitrogen and oxygen atoms in total. The first-order valence-corrected chi connectivity index (χ1v) is 12.4. The number of methoxy groups -OCH3 is 1. The number of nitrogens with one attached hydrogen (secondary N) is 1. The molecule has 5 rings (SSSR count). The van der Waals surface area contributed by atoms with E-state index in [2.05, 4.69) is 17.4 Å². The van der Waals surface area contributed by atoms with Crippen LogP contribution in [0.3, 0.4) is 0 Å². The second-order valence-electron chi connectivity index (χ2n) is 9.71. The number of benzene rings is 2. The lowest BCUT2D eigenvalue weighted by molar-refractivity contribution is -0.133. The Balaban J connectivity index is 1.44. The summed E-state index contributed by atoms with van der Waals surface area (Å²) in [7, 11) is 1.63. The predicted octanol–water partition coefficient (Wildman–Crippen LogP) is 3.79. The predicted molar refractivity (Wildman–Crippen MR) is 135 cm³/mol. The molecule has 2 aliphatic rings. The highest BCUT2D eigenvalue weighted by molar-refractivity contribution is 6.03. The summed E-state index contributed by atoms with van der Waals surface area (Å²) in [5, 5.41) is 4.05. The summed E-state index contributed by atoms with van der Waals surface area (Å²) >= 11 is 0. The molecule has 0 aliphatic carbocycles. The molecule has 35 heavy (non-hydrogen) atoms. The van der Waals surface area contributed by atoms with Crippen molar-refractivity contribution in [1.29, 1.82) is 0 Å². The number of ether oxygens (including phenoxy) is 2. The summed E-state index contributed by atoms with van der Waals surface area (Å²) in [4.78, 5) is 29.3. The van der Waals surface area contributed by atoms with Gasteiger partial charge in [-0.25, -0.2) is 0 Å². The molecule has 3 heterocycles. The van der Waals surface area contributed by atoms with Crippen LogP contribution in [-0.4, -0.2) is 59.7 Å². The Hall–Kier alpha value is -3.32. The van der Waals surface area contributed by atoms with E-state index in [1.54, 1.807) is 12.0 Å². The highest BCUT2D eigenvalue weighted by Crippen LogP contribution is 2.34. The summed E-state index contributed by atoms with van der Waals surface area (Å²) in [6.45, 7) is 3.97. The summed E-state index contributed by atoms with van der Waals surface area (Å²) in [5.74, 6) is 0.464. The van der Waals surface area contributed by atoms with Crippen molar-refractivity contribution in [2.24, 2.45) is 0 Å². The topological polar surface area (TPSA) is 72.8 Å². The molecule has 2 aromatic carbocycles. The van der Waals surface area contributed by atoms with Crippen LogP contribution in [0.2, 0.25) is 0 Å². The minimum Gasteiger partial charge on any atom is -0.497 e. The lowest BCUT2D eigenvalue weighted by Gasteiger charge is -2.44. The molecular formula is C28H33N3O4. The zero-order chi connectivity index (χ0) is 24.4. The van der Waals surface area contributed by atoms with E-state index >= 15 is 0 Å². The monoisotopic (exact) mass is 475 g/mol. The van der Waals surface area contributed by atoms with Gasteiger partial charge in [0.15, 0.2) is 0 Å². The normalized spacial score (nSPS) is 21.8. The highest BCUT2D eigenvalue weighted by atomic mass is 16.5. The number of rotatable bonds is 8. The van der Waals surface area contributed by atoms with Crippen molar-refractivity contribution in [1.82, 2.24) is 14.8 Å². The van der Waals surface area contributed by atoms with Gasteiger partial charge in [0.1, 0.15) is 17.0 Å². The fraction of sp³-hybridized carbons (Fsp3) is 0.429. The minimum absolute atomic E-state index is 0.0422. The van der Waals surface area contributed by atoms with Gasteiger partial charge in [-0.1, -0.05) is 30.3 Å². The van der Waals surface area contributed by atoms with Gasteiger partial charge in [0, 0.05) is 31.1 Å². The SMILES string of the molecule is COc1ccc2cc3n(c2c1)C[C@@](C)(C(=O)NC[C@H]1CCCO1)N(CCCc1ccccc1)C3=O. The van der Waals surface area contributed by atoms with Gasteiger partial charge in [0.25, 0.3) is 5.91 Å². The van der Waals surface area contributed by atoms with Gasteiger partial charge < -0.3 is 24.3 Å². The van der Waals surface area contributed by atoms with Crippen molar-refractivity contribution < 1.29 is 19.1 Å². The fourth-order valence-electron chi connectivity index (χ4n) is 5.30. The molecule has 7 heteroatoms. The van der Waals surface area contributed by atoms with Gasteiger partial charge in [-0.15, -0.1) is 0 Å². The zero-order valence-electron chi connectivity index (χ0n) is 20.5. The van der Waals surface area contributed by atoms with Crippen molar-refractivity contribution in [2.45, 2.75) is 50.8 Å². The summed E-state index contributed by atoms with van der Waals surface area (Å²) < 4.78 is 13.1. The maximum atomic E-state index is 13.8. The number of carbonyl (C=O) groups is 2. The molecule has 2 atom stereocenters. The Labute approximate surface area is 206 Å². The quantitative estimate of drug-likeness (QED) is 0.538. The Morgan fingerprint density at radius 2 is 2.03 bits per heavy atom. The van der Waals surface area contributed by atoms with Gasteiger partial charge in [-0.3, -0.25) is 9.59 Å². The molecule has 0 spiro atoms. The van der Waals surface area contributed by atoms with E-state index in [1.807, 2.05) is 54.0 Å². The van der Waals surface area contributed by atoms with E-state index in [1.165, 1.54) is 5.56 Å². The average molecular weight is 476 g/mol. The number of aromatic nitrogens is 1. The highest BCUT2D eigenvalue weighted by Gasteiger charge is 2.47. The number of hydrogen-bond donors (Lipinski definition) is 1. The molecule has 0 saturated carbocycles. The van der Waals surface area contributed by atoms with Crippen molar-refractivity contribution in [2.75, 3.05) is 26.8 Å². The maximum Gasteiger partial charge on any atom is 0.271 e. The minimum atomic E-state index is -1.02. The molecule has 2 amide bonds. The van der Waals surface area contributed by atoms with Gasteiger partial charge >= 0.3 is 0 Å². The molecular weight excluding hydrogens is 442 g/mol. The molecule has 1 fully saturated rings.